The summed E-state index contributed by atoms with van der Waals surface area (Å²) in [4.78, 5) is 17.7. The van der Waals surface area contributed by atoms with Gasteiger partial charge in [0.05, 0.1) is 13.2 Å². The van der Waals surface area contributed by atoms with E-state index in [2.05, 4.69) is 41.6 Å². The van der Waals surface area contributed by atoms with E-state index in [4.69, 9.17) is 25.8 Å². The first-order chi connectivity index (χ1) is 23.7. The molecule has 49 heavy (non-hydrogen) atoms. The van der Waals surface area contributed by atoms with E-state index in [9.17, 15) is 9.90 Å². The van der Waals surface area contributed by atoms with Crippen molar-refractivity contribution in [1.82, 2.24) is 10.3 Å². The monoisotopic (exact) mass is 687 g/mol. The van der Waals surface area contributed by atoms with Gasteiger partial charge in [-0.3, -0.25) is 4.98 Å². The topological polar surface area (TPSA) is 102 Å². The highest BCUT2D eigenvalue weighted by atomic mass is 35.5. The van der Waals surface area contributed by atoms with Crippen molar-refractivity contribution >= 4 is 23.3 Å². The Labute approximate surface area is 295 Å². The first kappa shape index (κ1) is 34.0. The van der Waals surface area contributed by atoms with Crippen LogP contribution in [0.25, 0.3) is 0 Å². The summed E-state index contributed by atoms with van der Waals surface area (Å²) in [7, 11) is 1.95. The van der Waals surface area contributed by atoms with Gasteiger partial charge in [0, 0.05) is 41.1 Å². The number of hydrogen-bond acceptors (Lipinski definition) is 7. The van der Waals surface area contributed by atoms with Crippen molar-refractivity contribution < 1.29 is 24.1 Å². The molecule has 1 aromatic heterocycles. The molecular weight excluding hydrogens is 638 g/mol. The number of aromatic nitrogens is 1. The Morgan fingerprint density at radius 1 is 1.14 bits per heavy atom. The number of halogens is 1. The lowest BCUT2D eigenvalue weighted by molar-refractivity contribution is -0.144. The molecule has 0 amide bonds. The number of likely N-dealkylation sites (N-methyl/N-ethyl adjacent to an activating group) is 1. The molecule has 7 rings (SSSR count). The molecule has 0 radical (unpaired) electrons. The standard InChI is InChI=1S/C40H50ClN3O5/c1-25(24-48-34-10-16-43-33-9-4-6-26(2)37(33)34)18-28-19-27-20-35-36(49-31(23-42-3)11-17-47-35)22-32(27)39(28)12-14-40(15-13-39,38(45)46)44-30-8-5-7-29(41)21-30/h5,7-8,10,16,20-22,25-26,28,31,42,44H,4,6,9,11-15,17-19,23-24H2,1-3H3,(H,45,46)/t25-,26-,28+,31-,39?,40?/m1/s1. The van der Waals surface area contributed by atoms with Gasteiger partial charge in [-0.2, -0.15) is 0 Å². The number of carbonyl (C=O) groups is 1. The predicted molar refractivity (Wildman–Crippen MR) is 193 cm³/mol. The Morgan fingerprint density at radius 2 is 1.98 bits per heavy atom. The van der Waals surface area contributed by atoms with E-state index >= 15 is 0 Å². The van der Waals surface area contributed by atoms with Gasteiger partial charge in [-0.15, -0.1) is 0 Å². The third kappa shape index (κ3) is 6.71. The number of benzene rings is 2. The number of anilines is 1. The molecule has 1 fully saturated rings. The number of aliphatic carboxylic acids is 1. The third-order valence-electron chi connectivity index (χ3n) is 11.8. The summed E-state index contributed by atoms with van der Waals surface area (Å²) in [5.41, 5.74) is 4.56. The number of carboxylic acids is 1. The number of nitrogens with one attached hydrogen (secondary N) is 2. The number of nitrogens with zero attached hydrogens (tertiary/aromatic N) is 1. The summed E-state index contributed by atoms with van der Waals surface area (Å²) >= 11 is 6.29. The molecule has 3 aromatic rings. The largest absolute Gasteiger partial charge is 0.493 e. The van der Waals surface area contributed by atoms with E-state index in [1.165, 1.54) is 35.2 Å². The van der Waals surface area contributed by atoms with Crippen LogP contribution in [0.3, 0.4) is 0 Å². The van der Waals surface area contributed by atoms with Crippen molar-refractivity contribution in [1.29, 1.82) is 0 Å². The van der Waals surface area contributed by atoms with E-state index in [0.717, 1.165) is 68.0 Å². The highest BCUT2D eigenvalue weighted by molar-refractivity contribution is 6.30. The number of hydrogen-bond donors (Lipinski definition) is 3. The molecule has 8 nitrogen and oxygen atoms in total. The van der Waals surface area contributed by atoms with Crippen LogP contribution >= 0.6 is 11.6 Å². The Balaban J connectivity index is 1.16. The molecule has 0 saturated heterocycles. The van der Waals surface area contributed by atoms with Crippen molar-refractivity contribution in [2.45, 2.75) is 101 Å². The molecule has 0 bridgehead atoms. The third-order valence-corrected chi connectivity index (χ3v) is 12.0. The molecule has 9 heteroatoms. The zero-order valence-electron chi connectivity index (χ0n) is 29.0. The molecule has 1 saturated carbocycles. The Morgan fingerprint density at radius 3 is 2.76 bits per heavy atom. The minimum absolute atomic E-state index is 0.0317. The van der Waals surface area contributed by atoms with Crippen molar-refractivity contribution in [2.75, 3.05) is 32.1 Å². The van der Waals surface area contributed by atoms with Gasteiger partial charge in [-0.1, -0.05) is 31.5 Å². The van der Waals surface area contributed by atoms with Crippen LogP contribution in [0.2, 0.25) is 5.02 Å². The van der Waals surface area contributed by atoms with E-state index < -0.39 is 11.5 Å². The van der Waals surface area contributed by atoms with Crippen LogP contribution < -0.4 is 24.8 Å². The quantitative estimate of drug-likeness (QED) is 0.197. The van der Waals surface area contributed by atoms with Crippen LogP contribution in [0.15, 0.2) is 48.7 Å². The number of carboxylic acid groups (broad SMARTS) is 1. The second kappa shape index (κ2) is 14.0. The molecule has 2 aromatic carbocycles. The average molecular weight is 688 g/mol. The maximum atomic E-state index is 13.0. The van der Waals surface area contributed by atoms with Crippen LogP contribution in [0, 0.1) is 11.8 Å². The van der Waals surface area contributed by atoms with Gasteiger partial charge >= 0.3 is 5.97 Å². The fourth-order valence-electron chi connectivity index (χ4n) is 9.23. The normalized spacial score (nSPS) is 27.9. The number of aryl methyl sites for hydroxylation is 1. The summed E-state index contributed by atoms with van der Waals surface area (Å²) in [6.07, 6.45) is 10.6. The molecule has 4 aliphatic rings. The number of pyridine rings is 1. The second-order valence-corrected chi connectivity index (χ2v) is 15.5. The lowest BCUT2D eigenvalue weighted by atomic mass is 9.59. The van der Waals surface area contributed by atoms with Crippen LogP contribution in [0.5, 0.6) is 17.2 Å². The summed E-state index contributed by atoms with van der Waals surface area (Å²) in [5.74, 6) is 2.89. The predicted octanol–water partition coefficient (Wildman–Crippen LogP) is 7.95. The first-order valence-electron chi connectivity index (χ1n) is 18.2. The second-order valence-electron chi connectivity index (χ2n) is 15.1. The van der Waals surface area contributed by atoms with E-state index in [1.54, 1.807) is 12.1 Å². The van der Waals surface area contributed by atoms with Crippen LogP contribution in [-0.2, 0) is 23.1 Å². The molecule has 2 heterocycles. The van der Waals surface area contributed by atoms with Crippen LogP contribution in [0.1, 0.15) is 93.5 Å². The number of fused-ring (bicyclic) bond motifs is 4. The zero-order valence-corrected chi connectivity index (χ0v) is 29.8. The van der Waals surface area contributed by atoms with Crippen molar-refractivity contribution in [2.24, 2.45) is 11.8 Å². The highest BCUT2D eigenvalue weighted by Gasteiger charge is 2.54. The molecular formula is C40H50ClN3O5. The average Bonchev–Trinajstić information content (AvgIpc) is 3.20. The number of ether oxygens (including phenoxy) is 3. The minimum atomic E-state index is -1.07. The molecule has 4 atom stereocenters. The Kier molecular flexibility index (Phi) is 9.73. The highest BCUT2D eigenvalue weighted by Crippen LogP contribution is 2.58. The molecule has 0 unspecified atom stereocenters. The summed E-state index contributed by atoms with van der Waals surface area (Å²) in [5, 5.41) is 17.9. The molecule has 3 N–H and O–H groups in total. The van der Waals surface area contributed by atoms with Gasteiger partial charge < -0.3 is 30.0 Å². The lowest BCUT2D eigenvalue weighted by Crippen LogP contribution is -2.53. The van der Waals surface area contributed by atoms with E-state index in [-0.39, 0.29) is 11.5 Å². The van der Waals surface area contributed by atoms with Crippen LogP contribution in [-0.4, -0.2) is 54.5 Å². The maximum absolute atomic E-state index is 13.0. The SMILES string of the molecule is CNC[C@H]1CCOc2cc3c(cc2O1)C1(CCC(Nc2cccc(Cl)c2)(C(=O)O)CC1)[C@@H](C[C@@H](C)COc1ccnc2c1[C@H](C)CCC2)C3. The minimum Gasteiger partial charge on any atom is -0.493 e. The molecule has 3 aliphatic carbocycles. The number of rotatable bonds is 10. The van der Waals surface area contributed by atoms with Gasteiger partial charge in [0.1, 0.15) is 17.4 Å². The van der Waals surface area contributed by atoms with E-state index in [1.807, 2.05) is 31.4 Å². The summed E-state index contributed by atoms with van der Waals surface area (Å²) in [6, 6.07) is 13.8. The maximum Gasteiger partial charge on any atom is 0.329 e. The van der Waals surface area contributed by atoms with Gasteiger partial charge in [-0.25, -0.2) is 4.79 Å². The zero-order chi connectivity index (χ0) is 34.2. The van der Waals surface area contributed by atoms with Gasteiger partial charge in [0.25, 0.3) is 0 Å². The van der Waals surface area contributed by atoms with Crippen LogP contribution in [0.4, 0.5) is 5.69 Å². The summed E-state index contributed by atoms with van der Waals surface area (Å²) in [6.45, 7) is 6.58. The molecule has 1 aliphatic heterocycles. The lowest BCUT2D eigenvalue weighted by Gasteiger charge is -2.47. The first-order valence-corrected chi connectivity index (χ1v) is 18.6. The van der Waals surface area contributed by atoms with Gasteiger partial charge in [-0.05, 0) is 136 Å². The fraction of sp³-hybridized carbons (Fsp3) is 0.550. The fourth-order valence-corrected chi connectivity index (χ4v) is 9.42. The van der Waals surface area contributed by atoms with Crippen molar-refractivity contribution in [3.05, 3.63) is 76.1 Å². The van der Waals surface area contributed by atoms with Gasteiger partial charge in [0.2, 0.25) is 0 Å². The Bertz CT molecular complexity index is 1670. The summed E-state index contributed by atoms with van der Waals surface area (Å²) < 4.78 is 19.4. The smallest absolute Gasteiger partial charge is 0.329 e. The van der Waals surface area contributed by atoms with Crippen molar-refractivity contribution in [3.63, 3.8) is 0 Å². The van der Waals surface area contributed by atoms with Crippen molar-refractivity contribution in [3.8, 4) is 17.2 Å². The van der Waals surface area contributed by atoms with E-state index in [0.29, 0.717) is 48.8 Å². The van der Waals surface area contributed by atoms with Gasteiger partial charge in [0.15, 0.2) is 11.5 Å². The molecule has 262 valence electrons. The molecule has 1 spiro atoms. The Hall–Kier alpha value is -3.49.